The Labute approximate surface area is 188 Å². The maximum atomic E-state index is 13.8. The molecule has 8 heteroatoms. The second-order valence-electron chi connectivity index (χ2n) is 7.95. The molecule has 4 nitrogen and oxygen atoms in total. The first-order chi connectivity index (χ1) is 15.4. The van der Waals surface area contributed by atoms with Gasteiger partial charge in [0, 0.05) is 29.9 Å². The number of rotatable bonds is 5. The molecule has 0 unspecified atom stereocenters. The van der Waals surface area contributed by atoms with Gasteiger partial charge in [0.25, 0.3) is 0 Å². The number of alkyl halides is 3. The van der Waals surface area contributed by atoms with Crippen LogP contribution in [0.15, 0.2) is 54.7 Å². The van der Waals surface area contributed by atoms with E-state index in [9.17, 15) is 18.0 Å². The fourth-order valence-corrected chi connectivity index (χ4v) is 5.10. The number of urea groups is 1. The number of carbonyl (C=O) groups is 1. The summed E-state index contributed by atoms with van der Waals surface area (Å²) in [5, 5.41) is 6.06. The molecular weight excluding hydrogens is 435 g/mol. The fourth-order valence-electron chi connectivity index (χ4n) is 3.98. The Morgan fingerprint density at radius 2 is 1.81 bits per heavy atom. The standard InChI is InChI=1S/C24H24F3N3OS/c25-24(26,27)20-13-18(30-23(31)29-14-16-7-3-1-4-8-16)11-12-19(20)21-15-28-22(32-21)17-9-5-2-6-10-17/h1,3-4,7-8,11-13,15,17H,2,5-6,9-10,14H2,(H2,29,30,31). The van der Waals surface area contributed by atoms with Gasteiger partial charge in [-0.25, -0.2) is 9.78 Å². The van der Waals surface area contributed by atoms with Crippen molar-refractivity contribution in [1.82, 2.24) is 10.3 Å². The van der Waals surface area contributed by atoms with Crippen molar-refractivity contribution in [2.75, 3.05) is 5.32 Å². The monoisotopic (exact) mass is 459 g/mol. The Morgan fingerprint density at radius 1 is 1.06 bits per heavy atom. The Balaban J connectivity index is 1.51. The number of amides is 2. The number of hydrogen-bond donors (Lipinski definition) is 2. The highest BCUT2D eigenvalue weighted by molar-refractivity contribution is 7.15. The minimum absolute atomic E-state index is 0.0867. The third-order valence-electron chi connectivity index (χ3n) is 5.62. The first kappa shape index (κ1) is 22.3. The summed E-state index contributed by atoms with van der Waals surface area (Å²) in [7, 11) is 0. The molecule has 2 N–H and O–H groups in total. The maximum Gasteiger partial charge on any atom is 0.417 e. The number of aromatic nitrogens is 1. The lowest BCUT2D eigenvalue weighted by Gasteiger charge is -2.19. The van der Waals surface area contributed by atoms with Crippen molar-refractivity contribution in [3.05, 3.63) is 70.9 Å². The molecule has 3 aromatic rings. The zero-order chi connectivity index (χ0) is 22.6. The molecule has 2 amide bonds. The Bertz CT molecular complexity index is 1060. The highest BCUT2D eigenvalue weighted by Gasteiger charge is 2.35. The molecule has 1 fully saturated rings. The summed E-state index contributed by atoms with van der Waals surface area (Å²) in [5.74, 6) is 0.339. The van der Waals surface area contributed by atoms with Crippen LogP contribution in [-0.2, 0) is 12.7 Å². The average Bonchev–Trinajstić information content (AvgIpc) is 3.29. The van der Waals surface area contributed by atoms with Gasteiger partial charge in [0.2, 0.25) is 0 Å². The van der Waals surface area contributed by atoms with Gasteiger partial charge in [-0.15, -0.1) is 11.3 Å². The molecule has 0 spiro atoms. The summed E-state index contributed by atoms with van der Waals surface area (Å²) in [4.78, 5) is 17.1. The van der Waals surface area contributed by atoms with Gasteiger partial charge < -0.3 is 10.6 Å². The number of nitrogens with zero attached hydrogens (tertiary/aromatic N) is 1. The third-order valence-corrected chi connectivity index (χ3v) is 6.82. The number of halogens is 3. The molecule has 32 heavy (non-hydrogen) atoms. The Morgan fingerprint density at radius 3 is 2.53 bits per heavy atom. The number of thiazole rings is 1. The molecule has 1 aliphatic carbocycles. The predicted octanol–water partition coefficient (Wildman–Crippen LogP) is 7.20. The average molecular weight is 460 g/mol. The second kappa shape index (κ2) is 9.73. The van der Waals surface area contributed by atoms with E-state index in [0.717, 1.165) is 42.3 Å². The molecule has 168 valence electrons. The van der Waals surface area contributed by atoms with Crippen molar-refractivity contribution in [3.8, 4) is 10.4 Å². The molecule has 2 aromatic carbocycles. The van der Waals surface area contributed by atoms with Crippen molar-refractivity contribution >= 4 is 23.1 Å². The summed E-state index contributed by atoms with van der Waals surface area (Å²) < 4.78 is 41.5. The number of hydrogen-bond acceptors (Lipinski definition) is 3. The smallest absolute Gasteiger partial charge is 0.334 e. The van der Waals surface area contributed by atoms with Gasteiger partial charge in [0.15, 0.2) is 0 Å². The Hall–Kier alpha value is -2.87. The molecular formula is C24H24F3N3OS. The van der Waals surface area contributed by atoms with Crippen LogP contribution in [0.2, 0.25) is 0 Å². The van der Waals surface area contributed by atoms with Crippen molar-refractivity contribution in [2.24, 2.45) is 0 Å². The molecule has 4 rings (SSSR count). The maximum absolute atomic E-state index is 13.8. The normalized spacial score (nSPS) is 14.8. The third kappa shape index (κ3) is 5.48. The quantitative estimate of drug-likeness (QED) is 0.424. The van der Waals surface area contributed by atoms with Crippen molar-refractivity contribution in [2.45, 2.75) is 50.7 Å². The lowest BCUT2D eigenvalue weighted by molar-refractivity contribution is -0.137. The van der Waals surface area contributed by atoms with Crippen LogP contribution in [0, 0.1) is 0 Å². The summed E-state index contributed by atoms with van der Waals surface area (Å²) in [6.45, 7) is 0.279. The van der Waals surface area contributed by atoms with E-state index in [1.807, 2.05) is 30.3 Å². The van der Waals surface area contributed by atoms with Gasteiger partial charge in [-0.05, 0) is 30.5 Å². The van der Waals surface area contributed by atoms with Crippen LogP contribution in [0.3, 0.4) is 0 Å². The summed E-state index contributed by atoms with van der Waals surface area (Å²) in [5.41, 5.74) is 0.293. The molecule has 0 saturated heterocycles. The highest BCUT2D eigenvalue weighted by atomic mass is 32.1. The van der Waals surface area contributed by atoms with E-state index >= 15 is 0 Å². The van der Waals surface area contributed by atoms with Gasteiger partial charge in [0.1, 0.15) is 0 Å². The number of carbonyl (C=O) groups excluding carboxylic acids is 1. The van der Waals surface area contributed by atoms with Crippen LogP contribution < -0.4 is 10.6 Å². The Kier molecular flexibility index (Phi) is 6.79. The summed E-state index contributed by atoms with van der Waals surface area (Å²) >= 11 is 1.34. The van der Waals surface area contributed by atoms with Crippen LogP contribution in [0.25, 0.3) is 10.4 Å². The molecule has 0 radical (unpaired) electrons. The molecule has 1 aliphatic rings. The number of anilines is 1. The molecule has 0 bridgehead atoms. The summed E-state index contributed by atoms with van der Waals surface area (Å²) in [6, 6.07) is 12.6. The van der Waals surface area contributed by atoms with Crippen LogP contribution in [0.5, 0.6) is 0 Å². The first-order valence-electron chi connectivity index (χ1n) is 10.7. The van der Waals surface area contributed by atoms with E-state index in [4.69, 9.17) is 0 Å². The molecule has 1 aromatic heterocycles. The van der Waals surface area contributed by atoms with Gasteiger partial charge in [-0.2, -0.15) is 13.2 Å². The van der Waals surface area contributed by atoms with Crippen molar-refractivity contribution in [3.63, 3.8) is 0 Å². The predicted molar refractivity (Wildman–Crippen MR) is 121 cm³/mol. The summed E-state index contributed by atoms with van der Waals surface area (Å²) in [6.07, 6.45) is 2.56. The van der Waals surface area contributed by atoms with Crippen LogP contribution >= 0.6 is 11.3 Å². The zero-order valence-electron chi connectivity index (χ0n) is 17.4. The molecule has 0 atom stereocenters. The van der Waals surface area contributed by atoms with E-state index in [-0.39, 0.29) is 17.8 Å². The van der Waals surface area contributed by atoms with E-state index in [1.165, 1.54) is 29.9 Å². The van der Waals surface area contributed by atoms with Crippen LogP contribution in [0.1, 0.15) is 54.2 Å². The van der Waals surface area contributed by atoms with Gasteiger partial charge in [-0.3, -0.25) is 0 Å². The van der Waals surface area contributed by atoms with E-state index in [0.29, 0.717) is 10.8 Å². The van der Waals surface area contributed by atoms with Crippen molar-refractivity contribution in [1.29, 1.82) is 0 Å². The van der Waals surface area contributed by atoms with Crippen LogP contribution in [0.4, 0.5) is 23.7 Å². The highest BCUT2D eigenvalue weighted by Crippen LogP contribution is 2.42. The van der Waals surface area contributed by atoms with E-state index in [2.05, 4.69) is 15.6 Å². The van der Waals surface area contributed by atoms with E-state index in [1.54, 1.807) is 6.20 Å². The first-order valence-corrected chi connectivity index (χ1v) is 11.5. The second-order valence-corrected chi connectivity index (χ2v) is 9.01. The van der Waals surface area contributed by atoms with E-state index < -0.39 is 17.8 Å². The topological polar surface area (TPSA) is 54.0 Å². The van der Waals surface area contributed by atoms with Gasteiger partial charge in [0.05, 0.1) is 15.4 Å². The lowest BCUT2D eigenvalue weighted by atomic mass is 9.90. The zero-order valence-corrected chi connectivity index (χ0v) is 18.2. The van der Waals surface area contributed by atoms with Gasteiger partial charge >= 0.3 is 12.2 Å². The lowest BCUT2D eigenvalue weighted by Crippen LogP contribution is -2.28. The largest absolute Gasteiger partial charge is 0.417 e. The minimum atomic E-state index is -4.55. The number of nitrogens with one attached hydrogen (secondary N) is 2. The van der Waals surface area contributed by atoms with Crippen LogP contribution in [-0.4, -0.2) is 11.0 Å². The van der Waals surface area contributed by atoms with Crippen molar-refractivity contribution < 1.29 is 18.0 Å². The van der Waals surface area contributed by atoms with Gasteiger partial charge in [-0.1, -0.05) is 55.7 Å². The molecule has 0 aliphatic heterocycles. The number of benzene rings is 2. The fraction of sp³-hybridized carbons (Fsp3) is 0.333. The SMILES string of the molecule is O=C(NCc1ccccc1)Nc1ccc(-c2cnc(C3CCCCC3)s2)c(C(F)(F)F)c1. The molecule has 1 heterocycles. The molecule has 1 saturated carbocycles. The minimum Gasteiger partial charge on any atom is -0.334 e.